The molecule has 0 aliphatic rings. The summed E-state index contributed by atoms with van der Waals surface area (Å²) in [6.07, 6.45) is -5.00. The minimum atomic E-state index is -4.56. The van der Waals surface area contributed by atoms with E-state index in [1.165, 1.54) is 7.11 Å². The quantitative estimate of drug-likeness (QED) is 0.735. The molecule has 18 heavy (non-hydrogen) atoms. The molecule has 108 valence electrons. The average molecular weight is 271 g/mol. The standard InChI is InChI=1S/C11H20F3NO3/c1-4-8(2)15(5-6-18-3)9(7-10(16)17)11(12,13)14/h8-9H,4-7H2,1-3H3,(H,16,17). The first kappa shape index (κ1) is 17.2. The van der Waals surface area contributed by atoms with Gasteiger partial charge >= 0.3 is 12.1 Å². The summed E-state index contributed by atoms with van der Waals surface area (Å²) >= 11 is 0. The van der Waals surface area contributed by atoms with Gasteiger partial charge < -0.3 is 9.84 Å². The predicted octanol–water partition coefficient (Wildman–Crippen LogP) is 2.14. The lowest BCUT2D eigenvalue weighted by Crippen LogP contribution is -2.51. The third-order valence-electron chi connectivity index (χ3n) is 2.86. The minimum Gasteiger partial charge on any atom is -0.481 e. The molecular weight excluding hydrogens is 251 g/mol. The summed E-state index contributed by atoms with van der Waals surface area (Å²) < 4.78 is 43.5. The molecular formula is C11H20F3NO3. The molecule has 0 aromatic rings. The zero-order valence-corrected chi connectivity index (χ0v) is 10.8. The largest absolute Gasteiger partial charge is 0.481 e. The number of rotatable bonds is 8. The normalized spacial score (nSPS) is 15.7. The van der Waals surface area contributed by atoms with Gasteiger partial charge in [-0.1, -0.05) is 6.92 Å². The van der Waals surface area contributed by atoms with E-state index in [2.05, 4.69) is 0 Å². The number of carboxylic acid groups (broad SMARTS) is 1. The van der Waals surface area contributed by atoms with Crippen molar-refractivity contribution in [3.63, 3.8) is 0 Å². The second kappa shape index (κ2) is 7.58. The van der Waals surface area contributed by atoms with E-state index in [1.807, 2.05) is 0 Å². The van der Waals surface area contributed by atoms with Gasteiger partial charge in [0.25, 0.3) is 0 Å². The zero-order valence-electron chi connectivity index (χ0n) is 10.8. The van der Waals surface area contributed by atoms with Crippen LogP contribution in [0.15, 0.2) is 0 Å². The first-order chi connectivity index (χ1) is 8.23. The van der Waals surface area contributed by atoms with Crippen molar-refractivity contribution in [2.45, 2.75) is 44.9 Å². The fraction of sp³-hybridized carbons (Fsp3) is 0.909. The summed E-state index contributed by atoms with van der Waals surface area (Å²) in [5, 5.41) is 8.62. The Morgan fingerprint density at radius 3 is 2.33 bits per heavy atom. The summed E-state index contributed by atoms with van der Waals surface area (Å²) in [6, 6.07) is -2.33. The van der Waals surface area contributed by atoms with Gasteiger partial charge in [0.2, 0.25) is 0 Å². The van der Waals surface area contributed by atoms with Crippen LogP contribution in [-0.4, -0.2) is 54.5 Å². The van der Waals surface area contributed by atoms with Crippen LogP contribution >= 0.6 is 0 Å². The van der Waals surface area contributed by atoms with Gasteiger partial charge in [-0.25, -0.2) is 0 Å². The number of ether oxygens (including phenoxy) is 1. The Balaban J connectivity index is 5.00. The first-order valence-corrected chi connectivity index (χ1v) is 5.77. The van der Waals surface area contributed by atoms with E-state index in [9.17, 15) is 18.0 Å². The number of carboxylic acids is 1. The van der Waals surface area contributed by atoms with Gasteiger partial charge in [-0.2, -0.15) is 13.2 Å². The van der Waals surface area contributed by atoms with Gasteiger partial charge in [0.1, 0.15) is 6.04 Å². The molecule has 0 heterocycles. The molecule has 2 unspecified atom stereocenters. The lowest BCUT2D eigenvalue weighted by molar-refractivity contribution is -0.196. The molecule has 0 aliphatic carbocycles. The summed E-state index contributed by atoms with van der Waals surface area (Å²) in [7, 11) is 1.40. The van der Waals surface area contributed by atoms with Crippen LogP contribution in [-0.2, 0) is 9.53 Å². The van der Waals surface area contributed by atoms with Crippen molar-refractivity contribution in [1.29, 1.82) is 0 Å². The van der Waals surface area contributed by atoms with E-state index in [-0.39, 0.29) is 19.2 Å². The summed E-state index contributed by atoms with van der Waals surface area (Å²) in [5.74, 6) is -1.46. The Hall–Kier alpha value is -0.820. The number of hydrogen-bond acceptors (Lipinski definition) is 3. The van der Waals surface area contributed by atoms with Crippen LogP contribution < -0.4 is 0 Å². The predicted molar refractivity (Wildman–Crippen MR) is 60.4 cm³/mol. The van der Waals surface area contributed by atoms with Crippen LogP contribution in [0.4, 0.5) is 13.2 Å². The highest BCUT2D eigenvalue weighted by Gasteiger charge is 2.45. The lowest BCUT2D eigenvalue weighted by atomic mass is 10.1. The van der Waals surface area contributed by atoms with Crippen LogP contribution in [0.3, 0.4) is 0 Å². The van der Waals surface area contributed by atoms with Crippen molar-refractivity contribution in [2.75, 3.05) is 20.3 Å². The van der Waals surface area contributed by atoms with Gasteiger partial charge in [-0.3, -0.25) is 9.69 Å². The van der Waals surface area contributed by atoms with E-state index in [0.717, 1.165) is 4.90 Å². The molecule has 0 rings (SSSR count). The minimum absolute atomic E-state index is 0.0585. The molecule has 1 N–H and O–H groups in total. The van der Waals surface area contributed by atoms with Crippen molar-refractivity contribution in [2.24, 2.45) is 0 Å². The molecule has 0 saturated heterocycles. The molecule has 4 nitrogen and oxygen atoms in total. The number of methoxy groups -OCH3 is 1. The van der Waals surface area contributed by atoms with Crippen LogP contribution in [0, 0.1) is 0 Å². The van der Waals surface area contributed by atoms with E-state index in [1.54, 1.807) is 13.8 Å². The number of hydrogen-bond donors (Lipinski definition) is 1. The van der Waals surface area contributed by atoms with Gasteiger partial charge in [-0.05, 0) is 13.3 Å². The van der Waals surface area contributed by atoms with E-state index >= 15 is 0 Å². The monoisotopic (exact) mass is 271 g/mol. The van der Waals surface area contributed by atoms with Gasteiger partial charge in [0.15, 0.2) is 0 Å². The fourth-order valence-electron chi connectivity index (χ4n) is 1.70. The second-order valence-electron chi connectivity index (χ2n) is 4.14. The Morgan fingerprint density at radius 2 is 2.00 bits per heavy atom. The molecule has 0 aromatic carbocycles. The Morgan fingerprint density at radius 1 is 1.44 bits per heavy atom. The molecule has 0 spiro atoms. The Bertz CT molecular complexity index is 258. The van der Waals surface area contributed by atoms with Crippen LogP contribution in [0.1, 0.15) is 26.7 Å². The summed E-state index contributed by atoms with van der Waals surface area (Å²) in [6.45, 7) is 3.61. The number of carbonyl (C=O) groups is 1. The third-order valence-corrected chi connectivity index (χ3v) is 2.86. The number of aliphatic carboxylic acids is 1. The fourth-order valence-corrected chi connectivity index (χ4v) is 1.70. The Kier molecular flexibility index (Phi) is 7.23. The smallest absolute Gasteiger partial charge is 0.404 e. The maximum atomic E-state index is 12.9. The van der Waals surface area contributed by atoms with Crippen LogP contribution in [0.2, 0.25) is 0 Å². The molecule has 0 radical (unpaired) electrons. The van der Waals surface area contributed by atoms with Gasteiger partial charge in [0, 0.05) is 19.7 Å². The van der Waals surface area contributed by atoms with E-state index < -0.39 is 24.6 Å². The third kappa shape index (κ3) is 5.68. The van der Waals surface area contributed by atoms with Crippen LogP contribution in [0.25, 0.3) is 0 Å². The van der Waals surface area contributed by atoms with Crippen LogP contribution in [0.5, 0.6) is 0 Å². The van der Waals surface area contributed by atoms with Crippen molar-refractivity contribution in [3.05, 3.63) is 0 Å². The van der Waals surface area contributed by atoms with E-state index in [4.69, 9.17) is 9.84 Å². The molecule has 7 heteroatoms. The highest BCUT2D eigenvalue weighted by molar-refractivity contribution is 5.67. The average Bonchev–Trinajstić information content (AvgIpc) is 2.25. The first-order valence-electron chi connectivity index (χ1n) is 5.77. The lowest BCUT2D eigenvalue weighted by Gasteiger charge is -2.36. The SMILES string of the molecule is CCC(C)N(CCOC)C(CC(=O)O)C(F)(F)F. The topological polar surface area (TPSA) is 49.8 Å². The van der Waals surface area contributed by atoms with Gasteiger partial charge in [-0.15, -0.1) is 0 Å². The second-order valence-corrected chi connectivity index (χ2v) is 4.14. The van der Waals surface area contributed by atoms with Crippen molar-refractivity contribution >= 4 is 5.97 Å². The molecule has 0 amide bonds. The van der Waals surface area contributed by atoms with E-state index in [0.29, 0.717) is 6.42 Å². The summed E-state index contributed by atoms with van der Waals surface area (Å²) in [4.78, 5) is 11.7. The number of halogens is 3. The molecule has 0 bridgehead atoms. The Labute approximate surface area is 105 Å². The zero-order chi connectivity index (χ0) is 14.3. The molecule has 0 aromatic heterocycles. The molecule has 2 atom stereocenters. The molecule has 0 aliphatic heterocycles. The number of nitrogens with zero attached hydrogens (tertiary/aromatic N) is 1. The van der Waals surface area contributed by atoms with Crippen molar-refractivity contribution < 1.29 is 27.8 Å². The van der Waals surface area contributed by atoms with Crippen molar-refractivity contribution in [1.82, 2.24) is 4.90 Å². The number of alkyl halides is 3. The maximum Gasteiger partial charge on any atom is 0.404 e. The summed E-state index contributed by atoms with van der Waals surface area (Å²) in [5.41, 5.74) is 0. The molecule has 0 fully saturated rings. The maximum absolute atomic E-state index is 12.9. The molecule has 0 saturated carbocycles. The highest BCUT2D eigenvalue weighted by Crippen LogP contribution is 2.29. The highest BCUT2D eigenvalue weighted by atomic mass is 19.4. The van der Waals surface area contributed by atoms with Gasteiger partial charge in [0.05, 0.1) is 13.0 Å². The van der Waals surface area contributed by atoms with Crippen molar-refractivity contribution in [3.8, 4) is 0 Å².